The number of aromatic nitrogens is 3. The van der Waals surface area contributed by atoms with E-state index in [1.54, 1.807) is 36.5 Å². The van der Waals surface area contributed by atoms with E-state index in [0.717, 1.165) is 17.7 Å². The van der Waals surface area contributed by atoms with Gasteiger partial charge in [-0.25, -0.2) is 4.98 Å². The molecule has 0 atom stereocenters. The van der Waals surface area contributed by atoms with Gasteiger partial charge in [0.15, 0.2) is 0 Å². The van der Waals surface area contributed by atoms with Crippen LogP contribution in [-0.4, -0.2) is 39.6 Å². The van der Waals surface area contributed by atoms with E-state index in [1.807, 2.05) is 0 Å². The third-order valence-corrected chi connectivity index (χ3v) is 3.28. The van der Waals surface area contributed by atoms with Crippen molar-refractivity contribution in [1.29, 1.82) is 0 Å². The number of pyridine rings is 1. The van der Waals surface area contributed by atoms with Gasteiger partial charge in [0.25, 0.3) is 5.91 Å². The Morgan fingerprint density at radius 3 is 3.05 bits per heavy atom. The molecular weight excluding hydrogens is 244 g/mol. The first-order valence-corrected chi connectivity index (χ1v) is 6.08. The first-order chi connectivity index (χ1) is 9.28. The summed E-state index contributed by atoms with van der Waals surface area (Å²) in [7, 11) is 1.55. The highest BCUT2D eigenvalue weighted by Crippen LogP contribution is 2.18. The van der Waals surface area contributed by atoms with Crippen molar-refractivity contribution in [2.75, 3.05) is 13.7 Å². The van der Waals surface area contributed by atoms with Gasteiger partial charge in [-0.1, -0.05) is 0 Å². The first-order valence-electron chi connectivity index (χ1n) is 6.08. The molecule has 1 aliphatic rings. The Balaban J connectivity index is 1.77. The summed E-state index contributed by atoms with van der Waals surface area (Å²) in [5, 5.41) is 6.96. The Kier molecular flexibility index (Phi) is 2.91. The van der Waals surface area contributed by atoms with E-state index >= 15 is 0 Å². The van der Waals surface area contributed by atoms with Crippen LogP contribution in [0.5, 0.6) is 5.88 Å². The summed E-state index contributed by atoms with van der Waals surface area (Å²) < 4.78 is 4.98. The number of aromatic amines is 1. The number of nitrogens with zero attached hydrogens (tertiary/aromatic N) is 3. The van der Waals surface area contributed by atoms with Crippen LogP contribution in [0.3, 0.4) is 0 Å². The molecule has 98 valence electrons. The zero-order valence-electron chi connectivity index (χ0n) is 10.6. The second-order valence-corrected chi connectivity index (χ2v) is 4.44. The fourth-order valence-electron chi connectivity index (χ4n) is 2.21. The van der Waals surface area contributed by atoms with Gasteiger partial charge < -0.3 is 9.64 Å². The van der Waals surface area contributed by atoms with Gasteiger partial charge in [-0.3, -0.25) is 9.89 Å². The maximum atomic E-state index is 12.3. The molecule has 0 unspecified atom stereocenters. The van der Waals surface area contributed by atoms with E-state index in [4.69, 9.17) is 4.74 Å². The number of amides is 1. The molecule has 1 amide bonds. The minimum atomic E-state index is -0.0120. The second kappa shape index (κ2) is 4.72. The molecule has 0 saturated carbocycles. The number of carbonyl (C=O) groups is 1. The average Bonchev–Trinajstić information content (AvgIpc) is 2.94. The highest BCUT2D eigenvalue weighted by Gasteiger charge is 2.23. The Morgan fingerprint density at radius 1 is 1.42 bits per heavy atom. The Morgan fingerprint density at radius 2 is 2.32 bits per heavy atom. The molecule has 1 aliphatic heterocycles. The zero-order chi connectivity index (χ0) is 13.2. The van der Waals surface area contributed by atoms with Crippen molar-refractivity contribution in [1.82, 2.24) is 20.1 Å². The molecule has 19 heavy (non-hydrogen) atoms. The minimum Gasteiger partial charge on any atom is -0.481 e. The van der Waals surface area contributed by atoms with Gasteiger partial charge in [-0.05, 0) is 6.07 Å². The Hall–Kier alpha value is -2.37. The third-order valence-electron chi connectivity index (χ3n) is 3.28. The molecule has 6 heteroatoms. The summed E-state index contributed by atoms with van der Waals surface area (Å²) in [6, 6.07) is 3.43. The molecule has 1 N–H and O–H groups in total. The molecule has 3 rings (SSSR count). The van der Waals surface area contributed by atoms with Gasteiger partial charge in [0.1, 0.15) is 0 Å². The molecule has 2 aromatic heterocycles. The summed E-state index contributed by atoms with van der Waals surface area (Å²) in [5.74, 6) is 0.495. The van der Waals surface area contributed by atoms with E-state index in [0.29, 0.717) is 24.5 Å². The van der Waals surface area contributed by atoms with Crippen molar-refractivity contribution in [3.8, 4) is 5.88 Å². The lowest BCUT2D eigenvalue weighted by Crippen LogP contribution is -2.35. The molecule has 6 nitrogen and oxygen atoms in total. The zero-order valence-corrected chi connectivity index (χ0v) is 10.6. The van der Waals surface area contributed by atoms with Crippen LogP contribution in [0.1, 0.15) is 21.6 Å². The topological polar surface area (TPSA) is 71.1 Å². The maximum absolute atomic E-state index is 12.3. The molecule has 0 aromatic carbocycles. The van der Waals surface area contributed by atoms with E-state index in [9.17, 15) is 4.79 Å². The predicted molar refractivity (Wildman–Crippen MR) is 67.8 cm³/mol. The lowest BCUT2D eigenvalue weighted by atomic mass is 10.1. The molecule has 0 aliphatic carbocycles. The van der Waals surface area contributed by atoms with E-state index in [2.05, 4.69) is 15.2 Å². The molecule has 0 radical (unpaired) electrons. The van der Waals surface area contributed by atoms with Crippen molar-refractivity contribution in [2.24, 2.45) is 0 Å². The lowest BCUT2D eigenvalue weighted by Gasteiger charge is -2.26. The quantitative estimate of drug-likeness (QED) is 0.872. The maximum Gasteiger partial charge on any atom is 0.255 e. The largest absolute Gasteiger partial charge is 0.481 e. The van der Waals surface area contributed by atoms with Gasteiger partial charge in [0.2, 0.25) is 5.88 Å². The number of ether oxygens (including phenoxy) is 1. The third kappa shape index (κ3) is 2.16. The lowest BCUT2D eigenvalue weighted by molar-refractivity contribution is 0.0734. The van der Waals surface area contributed by atoms with Crippen molar-refractivity contribution in [2.45, 2.75) is 13.0 Å². The molecule has 0 fully saturated rings. The van der Waals surface area contributed by atoms with Gasteiger partial charge >= 0.3 is 0 Å². The summed E-state index contributed by atoms with van der Waals surface area (Å²) >= 11 is 0. The van der Waals surface area contributed by atoms with Crippen LogP contribution < -0.4 is 4.74 Å². The van der Waals surface area contributed by atoms with E-state index in [1.165, 1.54) is 0 Å². The molecule has 0 bridgehead atoms. The standard InChI is InChI=1S/C13H14N4O2/c1-19-12-3-2-9(6-14-12)13(18)17-5-4-11-10(8-17)7-15-16-11/h2-3,6-7H,4-5,8H2,1H3,(H,15,16). The normalized spacial score (nSPS) is 14.1. The number of fused-ring (bicyclic) bond motifs is 1. The number of nitrogens with one attached hydrogen (secondary N) is 1. The van der Waals surface area contributed by atoms with Crippen LogP contribution in [0.4, 0.5) is 0 Å². The van der Waals surface area contributed by atoms with Gasteiger partial charge in [0.05, 0.1) is 18.9 Å². The Labute approximate surface area is 110 Å². The second-order valence-electron chi connectivity index (χ2n) is 4.44. The van der Waals surface area contributed by atoms with Crippen molar-refractivity contribution in [3.63, 3.8) is 0 Å². The molecule has 2 aromatic rings. The highest BCUT2D eigenvalue weighted by molar-refractivity contribution is 5.94. The highest BCUT2D eigenvalue weighted by atomic mass is 16.5. The molecular formula is C13H14N4O2. The minimum absolute atomic E-state index is 0.0120. The average molecular weight is 258 g/mol. The number of H-pyrrole nitrogens is 1. The summed E-state index contributed by atoms with van der Waals surface area (Å²) in [5.41, 5.74) is 2.78. The Bertz CT molecular complexity index is 591. The van der Waals surface area contributed by atoms with Crippen molar-refractivity contribution >= 4 is 5.91 Å². The number of hydrogen-bond acceptors (Lipinski definition) is 4. The SMILES string of the molecule is COc1ccc(C(=O)N2CCc3[nH]ncc3C2)cn1. The van der Waals surface area contributed by atoms with Gasteiger partial charge in [0, 0.05) is 43.0 Å². The number of rotatable bonds is 2. The van der Waals surface area contributed by atoms with E-state index in [-0.39, 0.29) is 5.91 Å². The summed E-state index contributed by atoms with van der Waals surface area (Å²) in [6.07, 6.45) is 4.14. The number of carbonyl (C=O) groups excluding carboxylic acids is 1. The molecule has 0 saturated heterocycles. The van der Waals surface area contributed by atoms with Crippen molar-refractivity contribution < 1.29 is 9.53 Å². The number of methoxy groups -OCH3 is 1. The van der Waals surface area contributed by atoms with Crippen LogP contribution in [0, 0.1) is 0 Å². The fourth-order valence-corrected chi connectivity index (χ4v) is 2.21. The summed E-state index contributed by atoms with van der Waals surface area (Å²) in [6.45, 7) is 1.29. The van der Waals surface area contributed by atoms with Crippen LogP contribution in [-0.2, 0) is 13.0 Å². The fraction of sp³-hybridized carbons (Fsp3) is 0.308. The monoisotopic (exact) mass is 258 g/mol. The first kappa shape index (κ1) is 11.7. The van der Waals surface area contributed by atoms with Crippen LogP contribution in [0.15, 0.2) is 24.5 Å². The van der Waals surface area contributed by atoms with Crippen LogP contribution in [0.2, 0.25) is 0 Å². The van der Waals surface area contributed by atoms with Crippen LogP contribution >= 0.6 is 0 Å². The van der Waals surface area contributed by atoms with Gasteiger partial charge in [-0.2, -0.15) is 5.10 Å². The van der Waals surface area contributed by atoms with Gasteiger partial charge in [-0.15, -0.1) is 0 Å². The predicted octanol–water partition coefficient (Wildman–Crippen LogP) is 1.01. The van der Waals surface area contributed by atoms with E-state index < -0.39 is 0 Å². The van der Waals surface area contributed by atoms with Crippen molar-refractivity contribution in [3.05, 3.63) is 41.3 Å². The number of hydrogen-bond donors (Lipinski definition) is 1. The molecule has 0 spiro atoms. The van der Waals surface area contributed by atoms with Crippen LogP contribution in [0.25, 0.3) is 0 Å². The molecule has 3 heterocycles. The smallest absolute Gasteiger partial charge is 0.255 e. The summed E-state index contributed by atoms with van der Waals surface area (Å²) in [4.78, 5) is 18.2.